The average molecular weight is 376 g/mol. The molecule has 0 saturated carbocycles. The minimum absolute atomic E-state index is 0.186. The molecule has 5 nitrogen and oxygen atoms in total. The number of aromatic nitrogens is 1. The molecule has 1 aromatic heterocycles. The van der Waals surface area contributed by atoms with E-state index in [2.05, 4.69) is 0 Å². The summed E-state index contributed by atoms with van der Waals surface area (Å²) in [6, 6.07) is 8.45. The number of phenols is 1. The van der Waals surface area contributed by atoms with Crippen molar-refractivity contribution in [3.8, 4) is 5.75 Å². The van der Waals surface area contributed by atoms with Gasteiger partial charge in [0, 0.05) is 27.7 Å². The highest BCUT2D eigenvalue weighted by Crippen LogP contribution is 2.36. The molecule has 0 spiro atoms. The van der Waals surface area contributed by atoms with E-state index in [4.69, 9.17) is 11.6 Å². The van der Waals surface area contributed by atoms with Crippen molar-refractivity contribution in [2.24, 2.45) is 0 Å². The lowest BCUT2D eigenvalue weighted by Crippen LogP contribution is -2.15. The van der Waals surface area contributed by atoms with Crippen LogP contribution in [0.5, 0.6) is 5.75 Å². The van der Waals surface area contributed by atoms with E-state index in [0.717, 1.165) is 12.1 Å². The third-order valence-electron chi connectivity index (χ3n) is 4.40. The van der Waals surface area contributed by atoms with Gasteiger partial charge < -0.3 is 10.2 Å². The molecule has 2 N–H and O–H groups in total. The average Bonchev–Trinajstić information content (AvgIpc) is 2.85. The van der Waals surface area contributed by atoms with Crippen molar-refractivity contribution in [2.45, 2.75) is 19.8 Å². The Morgan fingerprint density at radius 2 is 1.92 bits per heavy atom. The maximum atomic E-state index is 13.9. The fraction of sp³-hybridized carbons (Fsp3) is 0.158. The molecule has 0 saturated heterocycles. The number of aliphatic carboxylic acids is 1. The van der Waals surface area contributed by atoms with E-state index in [1.54, 1.807) is 25.1 Å². The number of phenolic OH excluding ortho intramolecular Hbond substituents is 1. The molecule has 0 aliphatic rings. The number of carbonyl (C=O) groups is 2. The van der Waals surface area contributed by atoms with Crippen LogP contribution in [0.25, 0.3) is 10.9 Å². The Bertz CT molecular complexity index is 1060. The van der Waals surface area contributed by atoms with Crippen LogP contribution in [0.15, 0.2) is 36.4 Å². The number of carboxylic acid groups (broad SMARTS) is 1. The maximum absolute atomic E-state index is 13.9. The quantitative estimate of drug-likeness (QED) is 0.714. The minimum Gasteiger partial charge on any atom is -0.505 e. The molecular weight excluding hydrogens is 361 g/mol. The molecule has 0 unspecified atom stereocenters. The SMILES string of the molecule is Cc1c([C@H](C)C(=O)O)c2cc(O)c(F)cc2n1C(=O)c1cccc(Cl)c1. The summed E-state index contributed by atoms with van der Waals surface area (Å²) in [6.07, 6.45) is 0. The summed E-state index contributed by atoms with van der Waals surface area (Å²) in [5.74, 6) is -4.01. The van der Waals surface area contributed by atoms with Gasteiger partial charge >= 0.3 is 5.97 Å². The molecule has 0 radical (unpaired) electrons. The number of aromatic hydroxyl groups is 1. The summed E-state index contributed by atoms with van der Waals surface area (Å²) < 4.78 is 15.2. The van der Waals surface area contributed by atoms with Crippen molar-refractivity contribution in [1.82, 2.24) is 4.57 Å². The first-order valence-corrected chi connectivity index (χ1v) is 8.16. The number of nitrogens with zero attached hydrogens (tertiary/aromatic N) is 1. The van der Waals surface area contributed by atoms with Crippen LogP contribution in [-0.2, 0) is 4.79 Å². The molecular formula is C19H15ClFNO4. The fourth-order valence-corrected chi connectivity index (χ4v) is 3.32. The second kappa shape index (κ2) is 6.46. The summed E-state index contributed by atoms with van der Waals surface area (Å²) in [5, 5.41) is 19.8. The van der Waals surface area contributed by atoms with Gasteiger partial charge in [0.1, 0.15) is 0 Å². The van der Waals surface area contributed by atoms with Gasteiger partial charge in [-0.1, -0.05) is 17.7 Å². The fourth-order valence-electron chi connectivity index (χ4n) is 3.13. The molecule has 134 valence electrons. The van der Waals surface area contributed by atoms with E-state index in [9.17, 15) is 24.2 Å². The largest absolute Gasteiger partial charge is 0.505 e. The van der Waals surface area contributed by atoms with Crippen LogP contribution in [0, 0.1) is 12.7 Å². The van der Waals surface area contributed by atoms with Gasteiger partial charge in [0.2, 0.25) is 0 Å². The predicted molar refractivity (Wildman–Crippen MR) is 95.5 cm³/mol. The third kappa shape index (κ3) is 2.82. The number of halogens is 2. The van der Waals surface area contributed by atoms with Gasteiger partial charge in [0.25, 0.3) is 5.91 Å². The van der Waals surface area contributed by atoms with Crippen molar-refractivity contribution in [3.63, 3.8) is 0 Å². The molecule has 2 aromatic carbocycles. The maximum Gasteiger partial charge on any atom is 0.310 e. The van der Waals surface area contributed by atoms with Gasteiger partial charge in [-0.3, -0.25) is 14.2 Å². The van der Waals surface area contributed by atoms with Gasteiger partial charge in [0.15, 0.2) is 11.6 Å². The van der Waals surface area contributed by atoms with Crippen LogP contribution in [0.4, 0.5) is 4.39 Å². The molecule has 0 amide bonds. The van der Waals surface area contributed by atoms with E-state index in [1.807, 2.05) is 0 Å². The Labute approximate surface area is 153 Å². The molecule has 0 aliphatic heterocycles. The predicted octanol–water partition coefficient (Wildman–Crippen LogP) is 4.32. The first-order valence-electron chi connectivity index (χ1n) is 7.79. The molecule has 0 fully saturated rings. The van der Waals surface area contributed by atoms with Crippen LogP contribution in [0.1, 0.15) is 34.5 Å². The molecule has 0 bridgehead atoms. The molecule has 1 heterocycles. The molecule has 26 heavy (non-hydrogen) atoms. The second-order valence-corrected chi connectivity index (χ2v) is 6.47. The smallest absolute Gasteiger partial charge is 0.310 e. The highest BCUT2D eigenvalue weighted by atomic mass is 35.5. The Balaban J connectivity index is 2.35. The topological polar surface area (TPSA) is 79.5 Å². The number of carbonyl (C=O) groups excluding carboxylic acids is 1. The monoisotopic (exact) mass is 375 g/mol. The van der Waals surface area contributed by atoms with Crippen molar-refractivity contribution >= 4 is 34.4 Å². The number of hydrogen-bond acceptors (Lipinski definition) is 3. The van der Waals surface area contributed by atoms with E-state index in [-0.39, 0.29) is 11.1 Å². The van der Waals surface area contributed by atoms with Crippen molar-refractivity contribution in [2.75, 3.05) is 0 Å². The lowest BCUT2D eigenvalue weighted by atomic mass is 9.98. The van der Waals surface area contributed by atoms with Crippen LogP contribution in [-0.4, -0.2) is 26.7 Å². The lowest BCUT2D eigenvalue weighted by Gasteiger charge is -2.09. The van der Waals surface area contributed by atoms with Gasteiger partial charge in [-0.05, 0) is 43.7 Å². The lowest BCUT2D eigenvalue weighted by molar-refractivity contribution is -0.138. The first-order chi connectivity index (χ1) is 12.2. The van der Waals surface area contributed by atoms with Gasteiger partial charge in [-0.25, -0.2) is 4.39 Å². The number of benzene rings is 2. The Morgan fingerprint density at radius 3 is 2.54 bits per heavy atom. The summed E-state index contributed by atoms with van der Waals surface area (Å²) in [6.45, 7) is 3.06. The Morgan fingerprint density at radius 1 is 1.23 bits per heavy atom. The zero-order valence-electron chi connectivity index (χ0n) is 14.0. The van der Waals surface area contributed by atoms with Gasteiger partial charge in [-0.2, -0.15) is 0 Å². The van der Waals surface area contributed by atoms with Gasteiger partial charge in [0.05, 0.1) is 11.4 Å². The Hall–Kier alpha value is -2.86. The zero-order valence-corrected chi connectivity index (χ0v) is 14.7. The molecule has 3 rings (SSSR count). The third-order valence-corrected chi connectivity index (χ3v) is 4.63. The van der Waals surface area contributed by atoms with E-state index in [1.165, 1.54) is 17.6 Å². The van der Waals surface area contributed by atoms with E-state index in [0.29, 0.717) is 21.7 Å². The normalized spacial score (nSPS) is 12.3. The second-order valence-electron chi connectivity index (χ2n) is 6.03. The van der Waals surface area contributed by atoms with Crippen molar-refractivity contribution in [1.29, 1.82) is 0 Å². The summed E-state index contributed by atoms with van der Waals surface area (Å²) in [7, 11) is 0. The number of fused-ring (bicyclic) bond motifs is 1. The number of rotatable bonds is 3. The zero-order chi connectivity index (χ0) is 19.2. The number of hydrogen-bond donors (Lipinski definition) is 2. The molecule has 3 aromatic rings. The van der Waals surface area contributed by atoms with Crippen molar-refractivity contribution < 1.29 is 24.2 Å². The molecule has 0 aliphatic carbocycles. The standard InChI is InChI=1S/C19H15ClFNO4/c1-9(19(25)26)17-10(2)22(15-8-14(21)16(23)7-13(15)17)18(24)11-4-3-5-12(20)6-11/h3-9,23H,1-2H3,(H,25,26)/t9-/m0/s1. The van der Waals surface area contributed by atoms with E-state index < -0.39 is 29.4 Å². The molecule has 7 heteroatoms. The summed E-state index contributed by atoms with van der Waals surface area (Å²) in [4.78, 5) is 24.5. The molecule has 1 atom stereocenters. The minimum atomic E-state index is -1.09. The highest BCUT2D eigenvalue weighted by Gasteiger charge is 2.27. The highest BCUT2D eigenvalue weighted by molar-refractivity contribution is 6.31. The van der Waals surface area contributed by atoms with Crippen LogP contribution in [0.3, 0.4) is 0 Å². The summed E-state index contributed by atoms with van der Waals surface area (Å²) in [5.41, 5.74) is 1.18. The Kier molecular flexibility index (Phi) is 4.46. The first kappa shape index (κ1) is 17.9. The van der Waals surface area contributed by atoms with E-state index >= 15 is 0 Å². The summed E-state index contributed by atoms with van der Waals surface area (Å²) >= 11 is 5.95. The number of carboxylic acids is 1. The van der Waals surface area contributed by atoms with Crippen molar-refractivity contribution in [3.05, 3.63) is 64.1 Å². The van der Waals surface area contributed by atoms with Crippen LogP contribution in [0.2, 0.25) is 5.02 Å². The van der Waals surface area contributed by atoms with Crippen LogP contribution >= 0.6 is 11.6 Å². The van der Waals surface area contributed by atoms with Gasteiger partial charge in [-0.15, -0.1) is 0 Å². The van der Waals surface area contributed by atoms with Crippen LogP contribution < -0.4 is 0 Å².